The van der Waals surface area contributed by atoms with Crippen LogP contribution in [0.15, 0.2) is 72.8 Å². The molecule has 0 atom stereocenters. The molecular weight excluding hydrogens is 452 g/mol. The van der Waals surface area contributed by atoms with Gasteiger partial charge in [0.15, 0.2) is 0 Å². The van der Waals surface area contributed by atoms with Gasteiger partial charge in [-0.05, 0) is 67.4 Å². The number of carbonyl (C=O) groups is 1. The topological polar surface area (TPSA) is 65.4 Å². The van der Waals surface area contributed by atoms with E-state index in [4.69, 9.17) is 14.6 Å². The minimum Gasteiger partial charge on any atom is -0.497 e. The van der Waals surface area contributed by atoms with Gasteiger partial charge in [0.25, 0.3) is 0 Å². The molecule has 1 heterocycles. The fraction of sp³-hybridized carbons (Fsp3) is 0.185. The number of hydrogen-bond donors (Lipinski definition) is 1. The van der Waals surface area contributed by atoms with Crippen molar-refractivity contribution < 1.29 is 23.0 Å². The number of ether oxygens (including phenoxy) is 2. The monoisotopic (exact) mass is 477 g/mol. The second-order valence-corrected chi connectivity index (χ2v) is 7.81. The van der Waals surface area contributed by atoms with E-state index in [1.165, 1.54) is 30.3 Å². The number of hydrogen-bond acceptors (Lipinski definition) is 4. The average Bonchev–Trinajstić information content (AvgIpc) is 3.20. The number of halogens is 2. The quantitative estimate of drug-likeness (QED) is 0.317. The van der Waals surface area contributed by atoms with Gasteiger partial charge < -0.3 is 14.8 Å². The van der Waals surface area contributed by atoms with E-state index in [0.29, 0.717) is 35.9 Å². The molecule has 1 N–H and O–H groups in total. The van der Waals surface area contributed by atoms with Crippen LogP contribution < -0.4 is 14.8 Å². The number of nitrogens with one attached hydrogen (secondary N) is 1. The van der Waals surface area contributed by atoms with E-state index in [1.807, 2.05) is 19.1 Å². The Hall–Kier alpha value is -4.20. The Balaban J connectivity index is 1.65. The fourth-order valence-corrected chi connectivity index (χ4v) is 3.69. The van der Waals surface area contributed by atoms with E-state index in [9.17, 15) is 13.6 Å². The van der Waals surface area contributed by atoms with Crippen LogP contribution in [0.3, 0.4) is 0 Å². The molecule has 4 aromatic rings. The Bertz CT molecular complexity index is 1320. The van der Waals surface area contributed by atoms with Crippen molar-refractivity contribution in [3.05, 3.63) is 95.7 Å². The molecule has 3 aromatic carbocycles. The molecule has 0 saturated carbocycles. The van der Waals surface area contributed by atoms with Crippen molar-refractivity contribution in [3.63, 3.8) is 0 Å². The molecule has 6 nitrogen and oxygen atoms in total. The molecule has 0 aliphatic heterocycles. The molecule has 8 heteroatoms. The van der Waals surface area contributed by atoms with E-state index in [0.717, 1.165) is 16.9 Å². The summed E-state index contributed by atoms with van der Waals surface area (Å²) in [5, 5.41) is 7.43. The van der Waals surface area contributed by atoms with Crippen molar-refractivity contribution in [2.24, 2.45) is 0 Å². The summed E-state index contributed by atoms with van der Waals surface area (Å²) < 4.78 is 40.3. The molecule has 180 valence electrons. The number of rotatable bonds is 9. The number of aryl methyl sites for hydroxylation is 1. The van der Waals surface area contributed by atoms with Crippen LogP contribution in [0.25, 0.3) is 5.69 Å². The van der Waals surface area contributed by atoms with Crippen LogP contribution in [0.5, 0.6) is 17.4 Å². The fourth-order valence-electron chi connectivity index (χ4n) is 3.69. The molecule has 4 rings (SSSR count). The zero-order valence-corrected chi connectivity index (χ0v) is 19.4. The van der Waals surface area contributed by atoms with E-state index in [2.05, 4.69) is 5.32 Å². The van der Waals surface area contributed by atoms with Crippen molar-refractivity contribution in [1.82, 2.24) is 9.78 Å². The minimum absolute atomic E-state index is 0.122. The normalized spacial score (nSPS) is 10.7. The number of methoxy groups -OCH3 is 1. The number of benzene rings is 3. The molecule has 35 heavy (non-hydrogen) atoms. The van der Waals surface area contributed by atoms with Gasteiger partial charge >= 0.3 is 0 Å². The van der Waals surface area contributed by atoms with Crippen LogP contribution in [-0.2, 0) is 17.6 Å². The van der Waals surface area contributed by atoms with Gasteiger partial charge in [-0.3, -0.25) is 4.79 Å². The molecule has 0 fully saturated rings. The first kappa shape index (κ1) is 23.9. The number of amides is 1. The summed E-state index contributed by atoms with van der Waals surface area (Å²) in [6.45, 7) is 1.96. The SMILES string of the molecule is CCc1nn(-c2ccc(OC)cc2)c(Oc2cccc(F)c2)c1CCC(=O)Nc1cccc(F)c1. The highest BCUT2D eigenvalue weighted by molar-refractivity contribution is 5.90. The highest BCUT2D eigenvalue weighted by Crippen LogP contribution is 2.33. The van der Waals surface area contributed by atoms with E-state index in [1.54, 1.807) is 42.1 Å². The van der Waals surface area contributed by atoms with Gasteiger partial charge in [0, 0.05) is 23.7 Å². The molecule has 1 amide bonds. The van der Waals surface area contributed by atoms with Gasteiger partial charge in [-0.25, -0.2) is 13.5 Å². The molecule has 0 aliphatic carbocycles. The van der Waals surface area contributed by atoms with Crippen LogP contribution in [0, 0.1) is 11.6 Å². The maximum Gasteiger partial charge on any atom is 0.226 e. The zero-order valence-electron chi connectivity index (χ0n) is 19.4. The Morgan fingerprint density at radius 2 is 1.69 bits per heavy atom. The highest BCUT2D eigenvalue weighted by atomic mass is 19.1. The second-order valence-electron chi connectivity index (χ2n) is 7.81. The third kappa shape index (κ3) is 5.84. The number of aromatic nitrogens is 2. The number of carbonyl (C=O) groups excluding carboxylic acids is 1. The van der Waals surface area contributed by atoms with E-state index < -0.39 is 11.6 Å². The van der Waals surface area contributed by atoms with Gasteiger partial charge in [0.05, 0.1) is 18.5 Å². The first-order valence-electron chi connectivity index (χ1n) is 11.2. The lowest BCUT2D eigenvalue weighted by atomic mass is 10.1. The summed E-state index contributed by atoms with van der Waals surface area (Å²) >= 11 is 0. The highest BCUT2D eigenvalue weighted by Gasteiger charge is 2.21. The summed E-state index contributed by atoms with van der Waals surface area (Å²) in [7, 11) is 1.59. The second kappa shape index (κ2) is 10.8. The lowest BCUT2D eigenvalue weighted by molar-refractivity contribution is -0.116. The van der Waals surface area contributed by atoms with E-state index >= 15 is 0 Å². The van der Waals surface area contributed by atoms with Crippen molar-refractivity contribution in [2.75, 3.05) is 12.4 Å². The van der Waals surface area contributed by atoms with E-state index in [-0.39, 0.29) is 12.3 Å². The summed E-state index contributed by atoms with van der Waals surface area (Å²) in [5.41, 5.74) is 2.60. The molecule has 0 spiro atoms. The maximum atomic E-state index is 13.8. The lowest BCUT2D eigenvalue weighted by Crippen LogP contribution is -2.13. The molecule has 0 bridgehead atoms. The Kier molecular flexibility index (Phi) is 7.40. The maximum absolute atomic E-state index is 13.8. The average molecular weight is 478 g/mol. The number of nitrogens with zero attached hydrogens (tertiary/aromatic N) is 2. The Morgan fingerprint density at radius 3 is 2.34 bits per heavy atom. The molecule has 1 aromatic heterocycles. The molecule has 0 saturated heterocycles. The summed E-state index contributed by atoms with van der Waals surface area (Å²) in [4.78, 5) is 12.6. The van der Waals surface area contributed by atoms with Crippen LogP contribution in [-0.4, -0.2) is 22.8 Å². The Labute approximate surface area is 202 Å². The Morgan fingerprint density at radius 1 is 0.971 bits per heavy atom. The summed E-state index contributed by atoms with van der Waals surface area (Å²) in [6.07, 6.45) is 1.05. The predicted molar refractivity (Wildman–Crippen MR) is 129 cm³/mol. The third-order valence-corrected chi connectivity index (χ3v) is 5.39. The van der Waals surface area contributed by atoms with Crippen LogP contribution in [0.1, 0.15) is 24.6 Å². The van der Waals surface area contributed by atoms with Crippen LogP contribution >= 0.6 is 0 Å². The smallest absolute Gasteiger partial charge is 0.226 e. The van der Waals surface area contributed by atoms with Crippen molar-refractivity contribution in [3.8, 4) is 23.1 Å². The summed E-state index contributed by atoms with van der Waals surface area (Å²) in [5.74, 6) is 0.279. The first-order chi connectivity index (χ1) is 17.0. The summed E-state index contributed by atoms with van der Waals surface area (Å²) in [6, 6.07) is 18.9. The van der Waals surface area contributed by atoms with Crippen LogP contribution in [0.2, 0.25) is 0 Å². The zero-order chi connectivity index (χ0) is 24.8. The van der Waals surface area contributed by atoms with Crippen molar-refractivity contribution in [2.45, 2.75) is 26.2 Å². The molecule has 0 aliphatic rings. The van der Waals surface area contributed by atoms with Crippen LogP contribution in [0.4, 0.5) is 14.5 Å². The van der Waals surface area contributed by atoms with Gasteiger partial charge in [-0.15, -0.1) is 0 Å². The molecule has 0 radical (unpaired) electrons. The standard InChI is InChI=1S/C27H25F2N3O3/c1-3-25-24(14-15-26(33)30-20-8-4-6-18(28)16-20)27(35-23-9-5-7-19(29)17-23)32(31-25)21-10-12-22(34-2)13-11-21/h4-13,16-17H,3,14-15H2,1-2H3,(H,30,33). The van der Waals surface area contributed by atoms with Gasteiger partial charge in [-0.1, -0.05) is 19.1 Å². The number of anilines is 1. The van der Waals surface area contributed by atoms with Crippen molar-refractivity contribution in [1.29, 1.82) is 0 Å². The molecule has 0 unspecified atom stereocenters. The van der Waals surface area contributed by atoms with Gasteiger partial charge in [0.2, 0.25) is 11.8 Å². The third-order valence-electron chi connectivity index (χ3n) is 5.39. The van der Waals surface area contributed by atoms with Gasteiger partial charge in [0.1, 0.15) is 23.1 Å². The van der Waals surface area contributed by atoms with Gasteiger partial charge in [-0.2, -0.15) is 5.10 Å². The first-order valence-corrected chi connectivity index (χ1v) is 11.2. The molecular formula is C27H25F2N3O3. The predicted octanol–water partition coefficient (Wildman–Crippen LogP) is 6.09. The largest absolute Gasteiger partial charge is 0.497 e. The van der Waals surface area contributed by atoms with Crippen molar-refractivity contribution >= 4 is 11.6 Å². The minimum atomic E-state index is -0.428. The lowest BCUT2D eigenvalue weighted by Gasteiger charge is -2.12.